The molecule has 136 valence electrons. The van der Waals surface area contributed by atoms with Gasteiger partial charge >= 0.3 is 0 Å². The van der Waals surface area contributed by atoms with E-state index in [4.69, 9.17) is 14.2 Å². The van der Waals surface area contributed by atoms with Crippen LogP contribution in [0, 0.1) is 0 Å². The van der Waals surface area contributed by atoms with Crippen LogP contribution in [0.1, 0.15) is 31.2 Å². The van der Waals surface area contributed by atoms with Crippen molar-refractivity contribution < 1.29 is 19.3 Å². The number of benzene rings is 1. The first-order chi connectivity index (χ1) is 12.1. The van der Waals surface area contributed by atoms with Crippen LogP contribution in [0.2, 0.25) is 0 Å². The summed E-state index contributed by atoms with van der Waals surface area (Å²) in [6.07, 6.45) is 5.63. The number of aliphatic hydroxyl groups is 1. The first kappa shape index (κ1) is 16.9. The SMILES string of the molecule is COc1cccc2c1OCC(CN1CC[C@]3(OC)CC[C@H](O)C[C@H]13)=C2. The number of para-hydroxylation sites is 1. The molecule has 4 rings (SSSR count). The van der Waals surface area contributed by atoms with Crippen molar-refractivity contribution in [3.63, 3.8) is 0 Å². The highest BCUT2D eigenvalue weighted by Crippen LogP contribution is 2.43. The smallest absolute Gasteiger partial charge is 0.168 e. The lowest BCUT2D eigenvalue weighted by atomic mass is 9.79. The van der Waals surface area contributed by atoms with E-state index < -0.39 is 0 Å². The Kier molecular flexibility index (Phi) is 4.48. The van der Waals surface area contributed by atoms with Crippen molar-refractivity contribution in [2.45, 2.75) is 43.4 Å². The van der Waals surface area contributed by atoms with Gasteiger partial charge in [0.15, 0.2) is 11.5 Å². The molecule has 2 aliphatic heterocycles. The monoisotopic (exact) mass is 345 g/mol. The lowest BCUT2D eigenvalue weighted by Crippen LogP contribution is -2.51. The van der Waals surface area contributed by atoms with Crippen molar-refractivity contribution in [2.24, 2.45) is 0 Å². The van der Waals surface area contributed by atoms with E-state index in [0.717, 1.165) is 55.8 Å². The summed E-state index contributed by atoms with van der Waals surface area (Å²) in [5.74, 6) is 1.61. The predicted octanol–water partition coefficient (Wildman–Crippen LogP) is 2.48. The van der Waals surface area contributed by atoms with Gasteiger partial charge in [0.1, 0.15) is 6.61 Å². The van der Waals surface area contributed by atoms with Gasteiger partial charge in [-0.1, -0.05) is 12.1 Å². The molecule has 2 heterocycles. The minimum absolute atomic E-state index is 0.0869. The van der Waals surface area contributed by atoms with Gasteiger partial charge in [-0.2, -0.15) is 0 Å². The number of ether oxygens (including phenoxy) is 3. The number of nitrogens with zero attached hydrogens (tertiary/aromatic N) is 1. The summed E-state index contributed by atoms with van der Waals surface area (Å²) in [7, 11) is 3.49. The van der Waals surface area contributed by atoms with Gasteiger partial charge in [0.25, 0.3) is 0 Å². The molecule has 0 unspecified atom stereocenters. The molecule has 3 atom stereocenters. The quantitative estimate of drug-likeness (QED) is 0.909. The Morgan fingerprint density at radius 2 is 2.20 bits per heavy atom. The Hall–Kier alpha value is -1.56. The summed E-state index contributed by atoms with van der Waals surface area (Å²) in [5.41, 5.74) is 2.24. The van der Waals surface area contributed by atoms with Gasteiger partial charge in [-0.3, -0.25) is 4.90 Å². The van der Waals surface area contributed by atoms with Crippen LogP contribution in [0.3, 0.4) is 0 Å². The summed E-state index contributed by atoms with van der Waals surface area (Å²) in [6.45, 7) is 2.45. The molecule has 0 spiro atoms. The van der Waals surface area contributed by atoms with Crippen molar-refractivity contribution in [1.82, 2.24) is 4.90 Å². The van der Waals surface area contributed by atoms with Crippen LogP contribution in [0.5, 0.6) is 11.5 Å². The van der Waals surface area contributed by atoms with Crippen LogP contribution in [-0.2, 0) is 4.74 Å². The van der Waals surface area contributed by atoms with Crippen LogP contribution in [0.25, 0.3) is 6.08 Å². The van der Waals surface area contributed by atoms with Gasteiger partial charge in [-0.05, 0) is 43.4 Å². The predicted molar refractivity (Wildman–Crippen MR) is 96.0 cm³/mol. The minimum atomic E-state index is -0.213. The molecule has 0 aromatic heterocycles. The zero-order valence-electron chi connectivity index (χ0n) is 15.0. The highest BCUT2D eigenvalue weighted by molar-refractivity contribution is 5.66. The fourth-order valence-electron chi connectivity index (χ4n) is 4.70. The van der Waals surface area contributed by atoms with Gasteiger partial charge in [0.2, 0.25) is 0 Å². The van der Waals surface area contributed by atoms with E-state index in [0.29, 0.717) is 6.61 Å². The molecule has 3 aliphatic rings. The third-order valence-corrected chi connectivity index (χ3v) is 6.07. The Balaban J connectivity index is 1.53. The summed E-state index contributed by atoms with van der Waals surface area (Å²) in [5, 5.41) is 10.1. The van der Waals surface area contributed by atoms with Crippen molar-refractivity contribution in [3.8, 4) is 11.5 Å². The molecule has 1 aromatic rings. The van der Waals surface area contributed by atoms with E-state index in [-0.39, 0.29) is 17.7 Å². The molecule has 5 nitrogen and oxygen atoms in total. The normalized spacial score (nSPS) is 31.7. The molecule has 1 aromatic carbocycles. The average molecular weight is 345 g/mol. The van der Waals surface area contributed by atoms with Gasteiger partial charge in [-0.25, -0.2) is 0 Å². The minimum Gasteiger partial charge on any atom is -0.493 e. The Morgan fingerprint density at radius 3 is 3.00 bits per heavy atom. The third kappa shape index (κ3) is 2.94. The van der Waals surface area contributed by atoms with E-state index in [1.165, 1.54) is 5.57 Å². The third-order valence-electron chi connectivity index (χ3n) is 6.07. The summed E-state index contributed by atoms with van der Waals surface area (Å²) in [4.78, 5) is 2.46. The van der Waals surface area contributed by atoms with Crippen molar-refractivity contribution >= 4 is 6.08 Å². The van der Waals surface area contributed by atoms with E-state index in [1.54, 1.807) is 7.11 Å². The number of methoxy groups -OCH3 is 2. The van der Waals surface area contributed by atoms with Gasteiger partial charge in [0, 0.05) is 31.8 Å². The molecule has 0 amide bonds. The number of fused-ring (bicyclic) bond motifs is 2. The van der Waals surface area contributed by atoms with Crippen molar-refractivity contribution in [1.29, 1.82) is 0 Å². The standard InChI is InChI=1S/C20H27NO4/c1-23-17-5-3-4-15-10-14(13-25-19(15)17)12-21-9-8-20(24-2)7-6-16(22)11-18(20)21/h3-5,10,16,18,22H,6-9,11-13H2,1-2H3/t16-,18-,20+/m0/s1. The zero-order chi connectivity index (χ0) is 17.4. The maximum Gasteiger partial charge on any atom is 0.168 e. The molecule has 1 aliphatic carbocycles. The fourth-order valence-corrected chi connectivity index (χ4v) is 4.70. The number of hydrogen-bond acceptors (Lipinski definition) is 5. The van der Waals surface area contributed by atoms with Crippen LogP contribution in [0.4, 0.5) is 0 Å². The molecule has 2 fully saturated rings. The molecule has 0 radical (unpaired) electrons. The lowest BCUT2D eigenvalue weighted by molar-refractivity contribution is -0.0859. The van der Waals surface area contributed by atoms with E-state index in [1.807, 2.05) is 19.2 Å². The van der Waals surface area contributed by atoms with E-state index in [9.17, 15) is 5.11 Å². The van der Waals surface area contributed by atoms with Crippen LogP contribution in [-0.4, -0.2) is 61.7 Å². The average Bonchev–Trinajstić information content (AvgIpc) is 2.99. The number of likely N-dealkylation sites (tertiary alicyclic amines) is 1. The molecule has 1 saturated heterocycles. The van der Waals surface area contributed by atoms with Crippen LogP contribution < -0.4 is 9.47 Å². The van der Waals surface area contributed by atoms with Crippen LogP contribution in [0.15, 0.2) is 23.8 Å². The van der Waals surface area contributed by atoms with Crippen molar-refractivity contribution in [3.05, 3.63) is 29.3 Å². The Morgan fingerprint density at radius 1 is 1.32 bits per heavy atom. The maximum absolute atomic E-state index is 10.1. The highest BCUT2D eigenvalue weighted by Gasteiger charge is 2.50. The second-order valence-electron chi connectivity index (χ2n) is 7.40. The van der Waals surface area contributed by atoms with Gasteiger partial charge in [0.05, 0.1) is 18.8 Å². The van der Waals surface area contributed by atoms with Crippen LogP contribution >= 0.6 is 0 Å². The first-order valence-corrected chi connectivity index (χ1v) is 9.12. The number of rotatable bonds is 4. The van der Waals surface area contributed by atoms with E-state index >= 15 is 0 Å². The topological polar surface area (TPSA) is 51.2 Å². The number of hydrogen-bond donors (Lipinski definition) is 1. The second-order valence-corrected chi connectivity index (χ2v) is 7.40. The summed E-state index contributed by atoms with van der Waals surface area (Å²) in [6, 6.07) is 6.26. The van der Waals surface area contributed by atoms with Gasteiger partial charge in [-0.15, -0.1) is 0 Å². The fraction of sp³-hybridized carbons (Fsp3) is 0.600. The molecule has 25 heavy (non-hydrogen) atoms. The summed E-state index contributed by atoms with van der Waals surface area (Å²) >= 11 is 0. The molecule has 5 heteroatoms. The second kappa shape index (κ2) is 6.63. The van der Waals surface area contributed by atoms with Crippen molar-refractivity contribution in [2.75, 3.05) is 33.9 Å². The zero-order valence-corrected chi connectivity index (χ0v) is 15.0. The molecular formula is C20H27NO4. The molecule has 1 N–H and O–H groups in total. The molecule has 1 saturated carbocycles. The Bertz CT molecular complexity index is 674. The molecular weight excluding hydrogens is 318 g/mol. The lowest BCUT2D eigenvalue weighted by Gasteiger charge is -2.42. The van der Waals surface area contributed by atoms with E-state index in [2.05, 4.69) is 17.0 Å². The maximum atomic E-state index is 10.1. The van der Waals surface area contributed by atoms with Gasteiger partial charge < -0.3 is 19.3 Å². The Labute approximate surface area is 149 Å². The summed E-state index contributed by atoms with van der Waals surface area (Å²) < 4.78 is 17.3. The highest BCUT2D eigenvalue weighted by atomic mass is 16.5. The number of aliphatic hydroxyl groups excluding tert-OH is 1. The molecule has 0 bridgehead atoms. The first-order valence-electron chi connectivity index (χ1n) is 9.12. The largest absolute Gasteiger partial charge is 0.493 e.